The lowest BCUT2D eigenvalue weighted by atomic mass is 10.5. The average Bonchev–Trinajstić information content (AvgIpc) is 2.26. The number of nitrogens with one attached hydrogen (secondary N) is 1. The van der Waals surface area contributed by atoms with Crippen LogP contribution in [0.25, 0.3) is 0 Å². The van der Waals surface area contributed by atoms with E-state index in [4.69, 9.17) is 0 Å². The average molecular weight is 341 g/mol. The van der Waals surface area contributed by atoms with Gasteiger partial charge in [-0.3, -0.25) is 9.19 Å². The maximum absolute atomic E-state index is 11.8. The Morgan fingerprint density at radius 2 is 2.18 bits per heavy atom. The molecule has 5 nitrogen and oxygen atoms in total. The monoisotopic (exact) mass is 340 g/mol. The van der Waals surface area contributed by atoms with Gasteiger partial charge in [0.1, 0.15) is 4.90 Å². The first-order valence-corrected chi connectivity index (χ1v) is 8.65. The summed E-state index contributed by atoms with van der Waals surface area (Å²) < 4.78 is 37.8. The second-order valence-corrected chi connectivity index (χ2v) is 7.98. The van der Waals surface area contributed by atoms with Crippen LogP contribution in [0.4, 0.5) is 0 Å². The van der Waals surface area contributed by atoms with Crippen LogP contribution in [0.2, 0.25) is 0 Å². The molecule has 0 spiro atoms. The van der Waals surface area contributed by atoms with E-state index in [0.717, 1.165) is 0 Å². The second-order valence-electron chi connectivity index (χ2n) is 3.50. The predicted molar refractivity (Wildman–Crippen MR) is 70.7 cm³/mol. The van der Waals surface area contributed by atoms with Gasteiger partial charge in [0.15, 0.2) is 0 Å². The summed E-state index contributed by atoms with van der Waals surface area (Å²) in [5.74, 6) is 0. The highest BCUT2D eigenvalue weighted by Gasteiger charge is 2.16. The molecule has 0 aliphatic rings. The van der Waals surface area contributed by atoms with Crippen molar-refractivity contribution >= 4 is 36.8 Å². The standard InChI is InChI=1S/C9H13BrN2O3S2/c1-7(16(2)13)4-12-17(14,15)9-3-8(10)5-11-6-9/h3,5-7,12H,4H2,1-2H3. The van der Waals surface area contributed by atoms with Gasteiger partial charge in [0, 0.05) is 45.7 Å². The van der Waals surface area contributed by atoms with Gasteiger partial charge in [-0.2, -0.15) is 0 Å². The third-order valence-electron chi connectivity index (χ3n) is 2.12. The van der Waals surface area contributed by atoms with Crippen LogP contribution in [-0.2, 0) is 20.8 Å². The molecule has 1 N–H and O–H groups in total. The highest BCUT2D eigenvalue weighted by molar-refractivity contribution is 9.10. The topological polar surface area (TPSA) is 76.1 Å². The van der Waals surface area contributed by atoms with Crippen molar-refractivity contribution in [1.29, 1.82) is 0 Å². The van der Waals surface area contributed by atoms with Crippen molar-refractivity contribution in [3.05, 3.63) is 22.9 Å². The number of sulfonamides is 1. The van der Waals surface area contributed by atoms with Crippen molar-refractivity contribution in [3.8, 4) is 0 Å². The molecule has 0 amide bonds. The largest absolute Gasteiger partial charge is 0.262 e. The molecule has 2 unspecified atom stereocenters. The van der Waals surface area contributed by atoms with Crippen LogP contribution < -0.4 is 4.72 Å². The Morgan fingerprint density at radius 3 is 2.71 bits per heavy atom. The summed E-state index contributed by atoms with van der Waals surface area (Å²) in [6.07, 6.45) is 4.31. The lowest BCUT2D eigenvalue weighted by Crippen LogP contribution is -2.32. The van der Waals surface area contributed by atoms with Gasteiger partial charge in [0.05, 0.1) is 0 Å². The van der Waals surface area contributed by atoms with E-state index >= 15 is 0 Å². The van der Waals surface area contributed by atoms with Crippen molar-refractivity contribution in [2.24, 2.45) is 0 Å². The molecule has 0 aliphatic heterocycles. The first kappa shape index (κ1) is 14.7. The quantitative estimate of drug-likeness (QED) is 0.863. The van der Waals surface area contributed by atoms with Crippen LogP contribution in [0, 0.1) is 0 Å². The lowest BCUT2D eigenvalue weighted by Gasteiger charge is -2.10. The van der Waals surface area contributed by atoms with Gasteiger partial charge >= 0.3 is 0 Å². The predicted octanol–water partition coefficient (Wildman–Crippen LogP) is 0.889. The molecule has 1 aromatic heterocycles. The molecule has 96 valence electrons. The SMILES string of the molecule is CC(CNS(=O)(=O)c1cncc(Br)c1)S(C)=O. The number of pyridine rings is 1. The summed E-state index contributed by atoms with van der Waals surface area (Å²) in [5, 5.41) is -0.232. The summed E-state index contributed by atoms with van der Waals surface area (Å²) >= 11 is 3.15. The van der Waals surface area contributed by atoms with Crippen LogP contribution in [0.5, 0.6) is 0 Å². The number of hydrogen-bond donors (Lipinski definition) is 1. The van der Waals surface area contributed by atoms with Gasteiger partial charge < -0.3 is 0 Å². The van der Waals surface area contributed by atoms with Crippen molar-refractivity contribution in [2.45, 2.75) is 17.1 Å². The summed E-state index contributed by atoms with van der Waals surface area (Å²) in [7, 11) is -4.65. The zero-order valence-electron chi connectivity index (χ0n) is 9.38. The van der Waals surface area contributed by atoms with Crippen LogP contribution in [0.3, 0.4) is 0 Å². The highest BCUT2D eigenvalue weighted by Crippen LogP contribution is 2.13. The molecule has 17 heavy (non-hydrogen) atoms. The zero-order chi connectivity index (χ0) is 13.1. The van der Waals surface area contributed by atoms with E-state index in [1.54, 1.807) is 13.2 Å². The third kappa shape index (κ3) is 4.46. The Labute approximate surface area is 112 Å². The molecule has 0 fully saturated rings. The molecule has 0 aromatic carbocycles. The Kier molecular flexibility index (Phi) is 5.23. The summed E-state index contributed by atoms with van der Waals surface area (Å²) in [6.45, 7) is 1.86. The van der Waals surface area contributed by atoms with Crippen molar-refractivity contribution in [2.75, 3.05) is 12.8 Å². The molecule has 0 saturated carbocycles. The lowest BCUT2D eigenvalue weighted by molar-refractivity contribution is 0.580. The normalized spacial score (nSPS) is 15.5. The van der Waals surface area contributed by atoms with Gasteiger partial charge in [-0.15, -0.1) is 0 Å². The molecule has 0 saturated heterocycles. The van der Waals surface area contributed by atoms with Crippen LogP contribution >= 0.6 is 15.9 Å². The van der Waals surface area contributed by atoms with Crippen LogP contribution in [0.1, 0.15) is 6.92 Å². The molecule has 0 radical (unpaired) electrons. The first-order valence-electron chi connectivity index (χ1n) is 4.75. The number of rotatable bonds is 5. The number of halogens is 1. The fraction of sp³-hybridized carbons (Fsp3) is 0.444. The summed E-state index contributed by atoms with van der Waals surface area (Å²) in [4.78, 5) is 3.87. The Morgan fingerprint density at radius 1 is 1.53 bits per heavy atom. The van der Waals surface area contributed by atoms with E-state index in [2.05, 4.69) is 25.6 Å². The summed E-state index contributed by atoms with van der Waals surface area (Å²) in [5.41, 5.74) is 0. The van der Waals surface area contributed by atoms with E-state index in [1.165, 1.54) is 18.5 Å². The van der Waals surface area contributed by atoms with Crippen molar-refractivity contribution in [1.82, 2.24) is 9.71 Å². The molecule has 0 bridgehead atoms. The number of hydrogen-bond acceptors (Lipinski definition) is 4. The Balaban J connectivity index is 2.79. The Bertz CT molecular complexity index is 519. The maximum atomic E-state index is 11.8. The van der Waals surface area contributed by atoms with Gasteiger partial charge in [0.25, 0.3) is 0 Å². The number of aromatic nitrogens is 1. The smallest absolute Gasteiger partial charge is 0.242 e. The van der Waals surface area contributed by atoms with Gasteiger partial charge in [0.2, 0.25) is 10.0 Å². The molecular formula is C9H13BrN2O3S2. The first-order chi connectivity index (χ1) is 7.83. The highest BCUT2D eigenvalue weighted by atomic mass is 79.9. The van der Waals surface area contributed by atoms with E-state index < -0.39 is 20.8 Å². The van der Waals surface area contributed by atoms with Gasteiger partial charge in [-0.1, -0.05) is 0 Å². The van der Waals surface area contributed by atoms with E-state index in [-0.39, 0.29) is 16.7 Å². The molecule has 1 heterocycles. The van der Waals surface area contributed by atoms with Gasteiger partial charge in [-0.25, -0.2) is 13.1 Å². The molecule has 1 aromatic rings. The van der Waals surface area contributed by atoms with Gasteiger partial charge in [-0.05, 0) is 28.9 Å². The molecule has 2 atom stereocenters. The summed E-state index contributed by atoms with van der Waals surface area (Å²) in [6, 6.07) is 1.46. The minimum Gasteiger partial charge on any atom is -0.262 e. The van der Waals surface area contributed by atoms with Crippen LogP contribution in [-0.4, -0.2) is 35.7 Å². The Hall–Kier alpha value is -0.310. The van der Waals surface area contributed by atoms with E-state index in [1.807, 2.05) is 0 Å². The number of nitrogens with zero attached hydrogens (tertiary/aromatic N) is 1. The molecular weight excluding hydrogens is 328 g/mol. The van der Waals surface area contributed by atoms with Crippen molar-refractivity contribution < 1.29 is 12.6 Å². The maximum Gasteiger partial charge on any atom is 0.242 e. The zero-order valence-corrected chi connectivity index (χ0v) is 12.6. The molecule has 1 rings (SSSR count). The molecule has 8 heteroatoms. The molecule has 0 aliphatic carbocycles. The fourth-order valence-electron chi connectivity index (χ4n) is 0.967. The fourth-order valence-corrected chi connectivity index (χ4v) is 3.02. The van der Waals surface area contributed by atoms with Crippen LogP contribution in [0.15, 0.2) is 27.8 Å². The van der Waals surface area contributed by atoms with E-state index in [0.29, 0.717) is 4.47 Å². The second kappa shape index (κ2) is 6.03. The van der Waals surface area contributed by atoms with Crippen molar-refractivity contribution in [3.63, 3.8) is 0 Å². The van der Waals surface area contributed by atoms with E-state index in [9.17, 15) is 12.6 Å². The minimum atomic E-state index is -3.59. The minimum absolute atomic E-state index is 0.0842. The third-order valence-corrected chi connectivity index (χ3v) is 5.24.